The predicted octanol–water partition coefficient (Wildman–Crippen LogP) is 4.62. The number of esters is 1. The monoisotopic (exact) mass is 492 g/mol. The Morgan fingerprint density at radius 1 is 0.784 bits per heavy atom. The SMILES string of the molecule is C[C@@H](OC(=O)[C@H](Cc1ccccc1)N1C(=O)c2ccccc2C1=O)C(=O)Nc1ccc2ccccc2c1. The van der Waals surface area contributed by atoms with Crippen LogP contribution in [0.1, 0.15) is 33.2 Å². The number of amides is 3. The Bertz CT molecular complexity index is 1480. The van der Waals surface area contributed by atoms with Crippen LogP contribution in [0.5, 0.6) is 0 Å². The van der Waals surface area contributed by atoms with Crippen LogP contribution in [0, 0.1) is 0 Å². The number of nitrogens with zero attached hydrogens (tertiary/aromatic N) is 1. The fourth-order valence-corrected chi connectivity index (χ4v) is 4.43. The Labute approximate surface area is 213 Å². The van der Waals surface area contributed by atoms with Gasteiger partial charge >= 0.3 is 5.97 Å². The summed E-state index contributed by atoms with van der Waals surface area (Å²) in [5.41, 5.74) is 1.78. The molecule has 37 heavy (non-hydrogen) atoms. The fourth-order valence-electron chi connectivity index (χ4n) is 4.43. The van der Waals surface area contributed by atoms with E-state index in [-0.39, 0.29) is 17.5 Å². The van der Waals surface area contributed by atoms with Crippen molar-refractivity contribution in [1.29, 1.82) is 0 Å². The first-order valence-electron chi connectivity index (χ1n) is 11.9. The summed E-state index contributed by atoms with van der Waals surface area (Å²) >= 11 is 0. The summed E-state index contributed by atoms with van der Waals surface area (Å²) in [7, 11) is 0. The molecular formula is C30H24N2O5. The van der Waals surface area contributed by atoms with Gasteiger partial charge in [-0.15, -0.1) is 0 Å². The van der Waals surface area contributed by atoms with E-state index in [4.69, 9.17) is 4.74 Å². The van der Waals surface area contributed by atoms with E-state index in [9.17, 15) is 19.2 Å². The number of carbonyl (C=O) groups is 4. The van der Waals surface area contributed by atoms with Crippen LogP contribution in [0.2, 0.25) is 0 Å². The second kappa shape index (κ2) is 10.1. The highest BCUT2D eigenvalue weighted by molar-refractivity contribution is 6.22. The molecule has 1 aliphatic heterocycles. The lowest BCUT2D eigenvalue weighted by Gasteiger charge is -2.26. The summed E-state index contributed by atoms with van der Waals surface area (Å²) < 4.78 is 5.52. The maximum absolute atomic E-state index is 13.4. The standard InChI is InChI=1S/C30H24N2O5/c1-19(27(33)31-23-16-15-21-11-5-6-12-22(21)18-23)37-30(36)26(17-20-9-3-2-4-10-20)32-28(34)24-13-7-8-14-25(24)29(32)35/h2-16,18-19,26H,17H2,1H3,(H,31,33)/t19-,26+/m1/s1. The second-order valence-electron chi connectivity index (χ2n) is 8.86. The van der Waals surface area contributed by atoms with Gasteiger partial charge in [0, 0.05) is 12.1 Å². The molecule has 0 saturated heterocycles. The number of benzene rings is 4. The van der Waals surface area contributed by atoms with Gasteiger partial charge in [-0.1, -0.05) is 72.8 Å². The fraction of sp³-hybridized carbons (Fsp3) is 0.133. The number of ether oxygens (including phenoxy) is 1. The van der Waals surface area contributed by atoms with Crippen molar-refractivity contribution in [2.75, 3.05) is 5.32 Å². The number of anilines is 1. The van der Waals surface area contributed by atoms with E-state index < -0.39 is 35.8 Å². The summed E-state index contributed by atoms with van der Waals surface area (Å²) in [6.07, 6.45) is -1.10. The summed E-state index contributed by atoms with van der Waals surface area (Å²) in [5, 5.41) is 4.75. The lowest BCUT2D eigenvalue weighted by molar-refractivity contribution is -0.157. The number of hydrogen-bond donors (Lipinski definition) is 1. The van der Waals surface area contributed by atoms with E-state index in [1.54, 1.807) is 54.6 Å². The Hall–Kier alpha value is -4.78. The molecule has 4 aromatic rings. The van der Waals surface area contributed by atoms with Gasteiger partial charge in [-0.3, -0.25) is 19.3 Å². The molecule has 0 aliphatic carbocycles. The van der Waals surface area contributed by atoms with Crippen LogP contribution >= 0.6 is 0 Å². The van der Waals surface area contributed by atoms with E-state index in [1.165, 1.54) is 6.92 Å². The van der Waals surface area contributed by atoms with Gasteiger partial charge < -0.3 is 10.1 Å². The van der Waals surface area contributed by atoms with E-state index in [0.717, 1.165) is 21.2 Å². The van der Waals surface area contributed by atoms with Crippen LogP contribution in [0.15, 0.2) is 97.1 Å². The molecule has 3 amide bonds. The quantitative estimate of drug-likeness (QED) is 0.300. The lowest BCUT2D eigenvalue weighted by Crippen LogP contribution is -2.48. The van der Waals surface area contributed by atoms with Gasteiger partial charge in [0.05, 0.1) is 11.1 Å². The zero-order valence-corrected chi connectivity index (χ0v) is 20.1. The van der Waals surface area contributed by atoms with Gasteiger partial charge in [-0.05, 0) is 47.5 Å². The third-order valence-electron chi connectivity index (χ3n) is 6.36. The molecule has 0 aromatic heterocycles. The molecule has 4 aromatic carbocycles. The van der Waals surface area contributed by atoms with Gasteiger partial charge in [0.25, 0.3) is 17.7 Å². The molecule has 0 unspecified atom stereocenters. The molecule has 1 aliphatic rings. The molecule has 5 rings (SSSR count). The minimum absolute atomic E-state index is 0.0597. The van der Waals surface area contributed by atoms with E-state index in [0.29, 0.717) is 5.69 Å². The van der Waals surface area contributed by atoms with Crippen molar-refractivity contribution in [3.8, 4) is 0 Å². The molecule has 0 saturated carbocycles. The maximum Gasteiger partial charge on any atom is 0.330 e. The van der Waals surface area contributed by atoms with Crippen molar-refractivity contribution in [3.63, 3.8) is 0 Å². The topological polar surface area (TPSA) is 92.8 Å². The van der Waals surface area contributed by atoms with Crippen molar-refractivity contribution in [3.05, 3.63) is 114 Å². The van der Waals surface area contributed by atoms with Crippen molar-refractivity contribution < 1.29 is 23.9 Å². The normalized spacial score (nSPS) is 14.2. The molecule has 0 fully saturated rings. The predicted molar refractivity (Wildman–Crippen MR) is 139 cm³/mol. The minimum atomic E-state index is -1.23. The molecule has 184 valence electrons. The van der Waals surface area contributed by atoms with Gasteiger partial charge in [-0.2, -0.15) is 0 Å². The van der Waals surface area contributed by atoms with Gasteiger partial charge in [-0.25, -0.2) is 4.79 Å². The molecule has 1 heterocycles. The van der Waals surface area contributed by atoms with Crippen molar-refractivity contribution >= 4 is 40.2 Å². The van der Waals surface area contributed by atoms with Gasteiger partial charge in [0.1, 0.15) is 6.04 Å². The number of nitrogens with one attached hydrogen (secondary N) is 1. The Kier molecular flexibility index (Phi) is 6.51. The van der Waals surface area contributed by atoms with Crippen LogP contribution in [-0.4, -0.2) is 40.7 Å². The smallest absolute Gasteiger partial charge is 0.330 e. The first-order chi connectivity index (χ1) is 17.9. The Morgan fingerprint density at radius 3 is 2.05 bits per heavy atom. The number of rotatable bonds is 7. The first-order valence-corrected chi connectivity index (χ1v) is 11.9. The zero-order chi connectivity index (χ0) is 25.9. The molecule has 7 heteroatoms. The summed E-state index contributed by atoms with van der Waals surface area (Å²) in [6, 6.07) is 27.5. The summed E-state index contributed by atoms with van der Waals surface area (Å²) in [6.45, 7) is 1.45. The van der Waals surface area contributed by atoms with Crippen LogP contribution in [-0.2, 0) is 20.7 Å². The molecule has 0 spiro atoms. The highest BCUT2D eigenvalue weighted by Gasteiger charge is 2.44. The third kappa shape index (κ3) is 4.84. The molecule has 7 nitrogen and oxygen atoms in total. The lowest BCUT2D eigenvalue weighted by atomic mass is 10.0. The van der Waals surface area contributed by atoms with Crippen LogP contribution in [0.3, 0.4) is 0 Å². The number of imide groups is 1. The Balaban J connectivity index is 1.35. The first kappa shape index (κ1) is 23.9. The van der Waals surface area contributed by atoms with Crippen molar-refractivity contribution in [2.24, 2.45) is 0 Å². The summed E-state index contributed by atoms with van der Waals surface area (Å²) in [4.78, 5) is 53.4. The summed E-state index contributed by atoms with van der Waals surface area (Å²) in [5.74, 6) is -2.48. The van der Waals surface area contributed by atoms with E-state index in [2.05, 4.69) is 5.32 Å². The molecule has 2 atom stereocenters. The van der Waals surface area contributed by atoms with Crippen molar-refractivity contribution in [1.82, 2.24) is 4.90 Å². The molecular weight excluding hydrogens is 468 g/mol. The number of carbonyl (C=O) groups excluding carboxylic acids is 4. The Morgan fingerprint density at radius 2 is 1.38 bits per heavy atom. The van der Waals surface area contributed by atoms with Gasteiger partial charge in [0.15, 0.2) is 6.10 Å². The molecule has 1 N–H and O–H groups in total. The number of hydrogen-bond acceptors (Lipinski definition) is 5. The second-order valence-corrected chi connectivity index (χ2v) is 8.86. The average molecular weight is 493 g/mol. The highest BCUT2D eigenvalue weighted by atomic mass is 16.5. The van der Waals surface area contributed by atoms with E-state index in [1.807, 2.05) is 42.5 Å². The molecule has 0 radical (unpaired) electrons. The highest BCUT2D eigenvalue weighted by Crippen LogP contribution is 2.27. The van der Waals surface area contributed by atoms with Crippen LogP contribution in [0.25, 0.3) is 10.8 Å². The average Bonchev–Trinajstić information content (AvgIpc) is 3.17. The minimum Gasteiger partial charge on any atom is -0.451 e. The number of fused-ring (bicyclic) bond motifs is 2. The maximum atomic E-state index is 13.4. The van der Waals surface area contributed by atoms with Crippen molar-refractivity contribution in [2.45, 2.75) is 25.5 Å². The zero-order valence-electron chi connectivity index (χ0n) is 20.1. The van der Waals surface area contributed by atoms with Gasteiger partial charge in [0.2, 0.25) is 0 Å². The van der Waals surface area contributed by atoms with E-state index >= 15 is 0 Å². The van der Waals surface area contributed by atoms with Crippen LogP contribution < -0.4 is 5.32 Å². The molecule has 0 bridgehead atoms. The largest absolute Gasteiger partial charge is 0.451 e. The van der Waals surface area contributed by atoms with Crippen LogP contribution in [0.4, 0.5) is 5.69 Å². The third-order valence-corrected chi connectivity index (χ3v) is 6.36.